The van der Waals surface area contributed by atoms with Crippen LogP contribution in [0.4, 0.5) is 0 Å². The lowest BCUT2D eigenvalue weighted by molar-refractivity contribution is -0.116. The number of ether oxygens (including phenoxy) is 2. The Labute approximate surface area is 162 Å². The number of hydrogen-bond acceptors (Lipinski definition) is 5. The van der Waals surface area contributed by atoms with E-state index in [0.717, 1.165) is 23.0 Å². The highest BCUT2D eigenvalue weighted by atomic mass is 35.5. The summed E-state index contributed by atoms with van der Waals surface area (Å²) in [5.74, 6) is 2.95. The lowest BCUT2D eigenvalue weighted by Crippen LogP contribution is -2.48. The molecule has 2 aromatic rings. The molecule has 26 heavy (non-hydrogen) atoms. The van der Waals surface area contributed by atoms with Crippen LogP contribution in [-0.2, 0) is 14.9 Å². The van der Waals surface area contributed by atoms with Crippen LogP contribution >= 0.6 is 22.9 Å². The van der Waals surface area contributed by atoms with Gasteiger partial charge in [-0.1, -0.05) is 18.0 Å². The molecule has 0 spiro atoms. The van der Waals surface area contributed by atoms with Crippen molar-refractivity contribution in [3.63, 3.8) is 0 Å². The highest BCUT2D eigenvalue weighted by molar-refractivity contribution is 7.16. The maximum atomic E-state index is 6.28. The second-order valence-corrected chi connectivity index (χ2v) is 9.62. The summed E-state index contributed by atoms with van der Waals surface area (Å²) in [6.07, 6.45) is 8.35. The fourth-order valence-corrected chi connectivity index (χ4v) is 5.58. The van der Waals surface area contributed by atoms with E-state index in [1.807, 2.05) is 6.07 Å². The molecule has 3 aliphatic carbocycles. The van der Waals surface area contributed by atoms with Gasteiger partial charge in [-0.3, -0.25) is 0 Å². The Balaban J connectivity index is 1.53. The van der Waals surface area contributed by atoms with E-state index in [9.17, 15) is 0 Å². The number of methoxy groups -OCH3 is 1. The van der Waals surface area contributed by atoms with Crippen LogP contribution < -0.4 is 0 Å². The van der Waals surface area contributed by atoms with Gasteiger partial charge >= 0.3 is 0 Å². The summed E-state index contributed by atoms with van der Waals surface area (Å²) >= 11 is 7.95. The van der Waals surface area contributed by atoms with Crippen molar-refractivity contribution in [3.05, 3.63) is 33.0 Å². The van der Waals surface area contributed by atoms with Gasteiger partial charge in [0.15, 0.2) is 0 Å². The number of halogens is 1. The molecule has 0 saturated heterocycles. The Hall–Kier alpha value is -0.950. The van der Waals surface area contributed by atoms with Gasteiger partial charge in [-0.05, 0) is 50.7 Å². The third kappa shape index (κ3) is 2.73. The van der Waals surface area contributed by atoms with E-state index in [4.69, 9.17) is 26.2 Å². The van der Waals surface area contributed by atoms with Gasteiger partial charge in [0.2, 0.25) is 0 Å². The zero-order chi connectivity index (χ0) is 17.7. The molecule has 0 bridgehead atoms. The van der Waals surface area contributed by atoms with Crippen LogP contribution in [0.15, 0.2) is 12.1 Å². The van der Waals surface area contributed by atoms with Crippen molar-refractivity contribution in [3.8, 4) is 0 Å². The smallest absolute Gasteiger partial charge is 0.146 e. The van der Waals surface area contributed by atoms with Crippen molar-refractivity contribution >= 4 is 22.9 Å². The Morgan fingerprint density at radius 1 is 1.23 bits per heavy atom. The molecular formula is C19H24ClN3O2S. The van der Waals surface area contributed by atoms with Crippen LogP contribution in [0, 0.1) is 0 Å². The predicted molar refractivity (Wildman–Crippen MR) is 101 cm³/mol. The summed E-state index contributed by atoms with van der Waals surface area (Å²) in [5, 5.41) is 9.45. The zero-order valence-electron chi connectivity index (χ0n) is 15.0. The molecular weight excluding hydrogens is 370 g/mol. The van der Waals surface area contributed by atoms with Crippen molar-refractivity contribution in [1.82, 2.24) is 14.8 Å². The average Bonchev–Trinajstić information content (AvgIpc) is 3.16. The molecule has 0 aliphatic heterocycles. The van der Waals surface area contributed by atoms with E-state index in [1.165, 1.54) is 42.8 Å². The Bertz CT molecular complexity index is 791. The molecule has 5 rings (SSSR count). The molecule has 0 aromatic carbocycles. The Morgan fingerprint density at radius 3 is 2.62 bits per heavy atom. The van der Waals surface area contributed by atoms with Crippen molar-refractivity contribution < 1.29 is 9.47 Å². The van der Waals surface area contributed by atoms with Crippen LogP contribution in [0.3, 0.4) is 0 Å². The first kappa shape index (κ1) is 17.2. The summed E-state index contributed by atoms with van der Waals surface area (Å²) < 4.78 is 14.2. The molecule has 7 heteroatoms. The number of rotatable bonds is 7. The van der Waals surface area contributed by atoms with Gasteiger partial charge < -0.3 is 14.0 Å². The largest absolute Gasteiger partial charge is 0.359 e. The van der Waals surface area contributed by atoms with E-state index in [-0.39, 0.29) is 11.5 Å². The monoisotopic (exact) mass is 393 g/mol. The predicted octanol–water partition coefficient (Wildman–Crippen LogP) is 4.66. The third-order valence-corrected chi connectivity index (χ3v) is 7.59. The second kappa shape index (κ2) is 6.59. The van der Waals surface area contributed by atoms with Gasteiger partial charge in [-0.25, -0.2) is 0 Å². The first-order valence-corrected chi connectivity index (χ1v) is 10.7. The molecule has 140 valence electrons. The summed E-state index contributed by atoms with van der Waals surface area (Å²) in [7, 11) is 1.67. The first-order chi connectivity index (χ1) is 12.7. The fourth-order valence-electron chi connectivity index (χ4n) is 4.33. The highest BCUT2D eigenvalue weighted by Gasteiger charge is 2.53. The molecule has 5 nitrogen and oxygen atoms in total. The number of nitrogens with zero attached hydrogens (tertiary/aromatic N) is 3. The molecule has 0 radical (unpaired) electrons. The summed E-state index contributed by atoms with van der Waals surface area (Å²) in [6, 6.07) is 4.74. The molecule has 0 N–H and O–H groups in total. The summed E-state index contributed by atoms with van der Waals surface area (Å²) in [5.41, 5.74) is -0.117. The molecule has 2 heterocycles. The van der Waals surface area contributed by atoms with Gasteiger partial charge in [0.05, 0.1) is 15.9 Å². The standard InChI is InChI=1S/C19H24ClN3O2S/c1-24-11-25-14-9-19(10-14,15-7-8-16(20)26-15)18-22-21-17(12-3-2-4-12)23(18)13-5-6-13/h7-8,12-14H,2-6,9-11H2,1H3. The first-order valence-electron chi connectivity index (χ1n) is 9.53. The van der Waals surface area contributed by atoms with E-state index < -0.39 is 0 Å². The lowest BCUT2D eigenvalue weighted by Gasteiger charge is -2.46. The van der Waals surface area contributed by atoms with E-state index in [0.29, 0.717) is 18.8 Å². The van der Waals surface area contributed by atoms with E-state index in [1.54, 1.807) is 18.4 Å². The van der Waals surface area contributed by atoms with Crippen molar-refractivity contribution in [2.24, 2.45) is 0 Å². The Kier molecular flexibility index (Phi) is 4.35. The van der Waals surface area contributed by atoms with Gasteiger partial charge in [-0.15, -0.1) is 21.5 Å². The molecule has 2 aromatic heterocycles. The minimum absolute atomic E-state index is 0.117. The molecule has 3 aliphatic rings. The lowest BCUT2D eigenvalue weighted by atomic mass is 9.65. The van der Waals surface area contributed by atoms with Gasteiger partial charge in [0.25, 0.3) is 0 Å². The quantitative estimate of drug-likeness (QED) is 0.641. The topological polar surface area (TPSA) is 49.2 Å². The summed E-state index contributed by atoms with van der Waals surface area (Å²) in [6.45, 7) is 0.342. The van der Waals surface area contributed by atoms with Gasteiger partial charge in [0.1, 0.15) is 18.4 Å². The molecule has 0 amide bonds. The fraction of sp³-hybridized carbons (Fsp3) is 0.684. The minimum Gasteiger partial charge on any atom is -0.359 e. The molecule has 0 atom stereocenters. The van der Waals surface area contributed by atoms with Crippen LogP contribution in [0.5, 0.6) is 0 Å². The average molecular weight is 394 g/mol. The molecule has 3 fully saturated rings. The number of hydrogen-bond donors (Lipinski definition) is 0. The molecule has 0 unspecified atom stereocenters. The third-order valence-electron chi connectivity index (χ3n) is 6.15. The van der Waals surface area contributed by atoms with Crippen LogP contribution in [-0.4, -0.2) is 34.8 Å². The van der Waals surface area contributed by atoms with Gasteiger partial charge in [-0.2, -0.15) is 0 Å². The van der Waals surface area contributed by atoms with Crippen molar-refractivity contribution in [2.75, 3.05) is 13.9 Å². The number of thiophene rings is 1. The summed E-state index contributed by atoms with van der Waals surface area (Å²) in [4.78, 5) is 1.29. The van der Waals surface area contributed by atoms with Crippen LogP contribution in [0.25, 0.3) is 0 Å². The Morgan fingerprint density at radius 2 is 2.04 bits per heavy atom. The van der Waals surface area contributed by atoms with Crippen LogP contribution in [0.2, 0.25) is 4.34 Å². The maximum absolute atomic E-state index is 6.28. The van der Waals surface area contributed by atoms with E-state index in [2.05, 4.69) is 15.7 Å². The molecule has 3 saturated carbocycles. The van der Waals surface area contributed by atoms with Crippen LogP contribution in [0.1, 0.15) is 73.4 Å². The normalized spacial score (nSPS) is 28.8. The number of aromatic nitrogens is 3. The second-order valence-electron chi connectivity index (χ2n) is 7.90. The van der Waals surface area contributed by atoms with E-state index >= 15 is 0 Å². The highest BCUT2D eigenvalue weighted by Crippen LogP contribution is 2.54. The maximum Gasteiger partial charge on any atom is 0.146 e. The SMILES string of the molecule is COCOC1CC(c2ccc(Cl)s2)(c2nnc(C3CCC3)n2C2CC2)C1. The van der Waals surface area contributed by atoms with Crippen molar-refractivity contribution in [2.45, 2.75) is 68.4 Å². The zero-order valence-corrected chi connectivity index (χ0v) is 16.6. The minimum atomic E-state index is -0.117. The van der Waals surface area contributed by atoms with Gasteiger partial charge in [0, 0.05) is 23.9 Å². The van der Waals surface area contributed by atoms with Crippen molar-refractivity contribution in [1.29, 1.82) is 0 Å².